The Labute approximate surface area is 123 Å². The van der Waals surface area contributed by atoms with E-state index in [4.69, 9.17) is 0 Å². The van der Waals surface area contributed by atoms with Crippen molar-refractivity contribution >= 4 is 5.91 Å². The monoisotopic (exact) mass is 273 g/mol. The number of carbonyl (C=O) groups excluding carboxylic acids is 1. The van der Waals surface area contributed by atoms with E-state index >= 15 is 0 Å². The van der Waals surface area contributed by atoms with Crippen molar-refractivity contribution in [3.8, 4) is 0 Å². The minimum atomic E-state index is 0.162. The van der Waals surface area contributed by atoms with Crippen LogP contribution in [0.2, 0.25) is 0 Å². The van der Waals surface area contributed by atoms with Crippen LogP contribution in [0.25, 0.3) is 0 Å². The van der Waals surface area contributed by atoms with Crippen molar-refractivity contribution in [2.24, 2.45) is 11.8 Å². The SMILES string of the molecule is CCCN(CC1CC1c1ccccc1)C(=O)C(C)CC. The molecule has 0 bridgehead atoms. The molecule has 1 amide bonds. The summed E-state index contributed by atoms with van der Waals surface area (Å²) in [6, 6.07) is 10.7. The van der Waals surface area contributed by atoms with Gasteiger partial charge in [0, 0.05) is 19.0 Å². The normalized spacial score (nSPS) is 22.4. The fourth-order valence-electron chi connectivity index (χ4n) is 2.89. The molecule has 0 aromatic heterocycles. The summed E-state index contributed by atoms with van der Waals surface area (Å²) in [4.78, 5) is 14.5. The summed E-state index contributed by atoms with van der Waals surface area (Å²) in [7, 11) is 0. The minimum absolute atomic E-state index is 0.162. The lowest BCUT2D eigenvalue weighted by atomic mass is 10.1. The third-order valence-corrected chi connectivity index (χ3v) is 4.44. The van der Waals surface area contributed by atoms with Crippen LogP contribution in [0.3, 0.4) is 0 Å². The maximum atomic E-state index is 12.4. The van der Waals surface area contributed by atoms with Crippen LogP contribution < -0.4 is 0 Å². The molecule has 1 aromatic carbocycles. The fourth-order valence-corrected chi connectivity index (χ4v) is 2.89. The van der Waals surface area contributed by atoms with Crippen molar-refractivity contribution in [1.82, 2.24) is 4.90 Å². The van der Waals surface area contributed by atoms with Gasteiger partial charge >= 0.3 is 0 Å². The molecule has 1 saturated carbocycles. The summed E-state index contributed by atoms with van der Waals surface area (Å²) in [5.74, 6) is 1.83. The second-order valence-corrected chi connectivity index (χ2v) is 6.11. The molecule has 0 aliphatic heterocycles. The first-order chi connectivity index (χ1) is 9.67. The molecule has 2 heteroatoms. The Morgan fingerprint density at radius 3 is 2.60 bits per heavy atom. The van der Waals surface area contributed by atoms with E-state index in [9.17, 15) is 4.79 Å². The van der Waals surface area contributed by atoms with Crippen LogP contribution in [0.5, 0.6) is 0 Å². The van der Waals surface area contributed by atoms with Gasteiger partial charge in [0.15, 0.2) is 0 Å². The van der Waals surface area contributed by atoms with E-state index in [-0.39, 0.29) is 5.92 Å². The highest BCUT2D eigenvalue weighted by atomic mass is 16.2. The van der Waals surface area contributed by atoms with E-state index in [0.717, 1.165) is 25.9 Å². The highest BCUT2D eigenvalue weighted by Gasteiger charge is 2.40. The standard InChI is InChI=1S/C18H27NO/c1-4-11-19(18(20)14(3)5-2)13-16-12-17(16)15-9-7-6-8-10-15/h6-10,14,16-17H,4-5,11-13H2,1-3H3. The van der Waals surface area contributed by atoms with Crippen molar-refractivity contribution < 1.29 is 4.79 Å². The zero-order valence-corrected chi connectivity index (χ0v) is 13.0. The van der Waals surface area contributed by atoms with Gasteiger partial charge in [-0.1, -0.05) is 51.1 Å². The van der Waals surface area contributed by atoms with Crippen molar-refractivity contribution in [2.45, 2.75) is 46.0 Å². The molecule has 0 saturated heterocycles. The lowest BCUT2D eigenvalue weighted by Gasteiger charge is -2.25. The Bertz CT molecular complexity index is 428. The van der Waals surface area contributed by atoms with Crippen LogP contribution >= 0.6 is 0 Å². The molecule has 2 rings (SSSR count). The number of amides is 1. The van der Waals surface area contributed by atoms with Crippen molar-refractivity contribution in [3.63, 3.8) is 0 Å². The predicted molar refractivity (Wildman–Crippen MR) is 83.6 cm³/mol. The van der Waals surface area contributed by atoms with Gasteiger partial charge in [-0.15, -0.1) is 0 Å². The van der Waals surface area contributed by atoms with Gasteiger partial charge in [-0.2, -0.15) is 0 Å². The maximum absolute atomic E-state index is 12.4. The van der Waals surface area contributed by atoms with Crippen LogP contribution in [-0.4, -0.2) is 23.9 Å². The van der Waals surface area contributed by atoms with Gasteiger partial charge < -0.3 is 4.90 Å². The van der Waals surface area contributed by atoms with Gasteiger partial charge in [0.2, 0.25) is 5.91 Å². The van der Waals surface area contributed by atoms with Gasteiger partial charge in [0.25, 0.3) is 0 Å². The molecule has 1 aromatic rings. The van der Waals surface area contributed by atoms with Crippen molar-refractivity contribution in [3.05, 3.63) is 35.9 Å². The third-order valence-electron chi connectivity index (χ3n) is 4.44. The van der Waals surface area contributed by atoms with Crippen LogP contribution in [-0.2, 0) is 4.79 Å². The summed E-state index contributed by atoms with van der Waals surface area (Å²) < 4.78 is 0. The molecule has 2 nitrogen and oxygen atoms in total. The van der Waals surface area contributed by atoms with Gasteiger partial charge in [0.1, 0.15) is 0 Å². The highest BCUT2D eigenvalue weighted by Crippen LogP contribution is 2.47. The van der Waals surface area contributed by atoms with Gasteiger partial charge in [-0.3, -0.25) is 4.79 Å². The molecule has 20 heavy (non-hydrogen) atoms. The Hall–Kier alpha value is -1.31. The molecule has 3 unspecified atom stereocenters. The number of hydrogen-bond donors (Lipinski definition) is 0. The molecule has 0 spiro atoms. The molecule has 0 heterocycles. The minimum Gasteiger partial charge on any atom is -0.342 e. The Morgan fingerprint density at radius 2 is 2.00 bits per heavy atom. The Balaban J connectivity index is 1.92. The zero-order valence-electron chi connectivity index (χ0n) is 13.0. The van der Waals surface area contributed by atoms with E-state index in [1.807, 2.05) is 6.92 Å². The Morgan fingerprint density at radius 1 is 1.30 bits per heavy atom. The van der Waals surface area contributed by atoms with Gasteiger partial charge in [-0.05, 0) is 36.7 Å². The van der Waals surface area contributed by atoms with E-state index in [1.165, 1.54) is 12.0 Å². The molecule has 3 atom stereocenters. The number of benzene rings is 1. The van der Waals surface area contributed by atoms with E-state index in [0.29, 0.717) is 17.7 Å². The highest BCUT2D eigenvalue weighted by molar-refractivity contribution is 5.78. The van der Waals surface area contributed by atoms with Crippen molar-refractivity contribution in [2.75, 3.05) is 13.1 Å². The quantitative estimate of drug-likeness (QED) is 0.733. The number of carbonyl (C=O) groups is 1. The molecule has 110 valence electrons. The van der Waals surface area contributed by atoms with Crippen molar-refractivity contribution in [1.29, 1.82) is 0 Å². The van der Waals surface area contributed by atoms with Gasteiger partial charge in [0.05, 0.1) is 0 Å². The van der Waals surface area contributed by atoms with E-state index < -0.39 is 0 Å². The zero-order chi connectivity index (χ0) is 14.5. The summed E-state index contributed by atoms with van der Waals surface area (Å²) in [6.45, 7) is 8.14. The smallest absolute Gasteiger partial charge is 0.225 e. The lowest BCUT2D eigenvalue weighted by molar-refractivity contribution is -0.135. The van der Waals surface area contributed by atoms with E-state index in [1.54, 1.807) is 0 Å². The summed E-state index contributed by atoms with van der Waals surface area (Å²) in [5, 5.41) is 0. The Kier molecular flexibility index (Phi) is 5.22. The predicted octanol–water partition coefficient (Wildman–Crippen LogP) is 4.07. The van der Waals surface area contributed by atoms with Crippen LogP contribution in [0, 0.1) is 11.8 Å². The molecule has 0 radical (unpaired) electrons. The molecule has 1 aliphatic carbocycles. The molecule has 1 aliphatic rings. The number of rotatable bonds is 7. The number of nitrogens with zero attached hydrogens (tertiary/aromatic N) is 1. The second-order valence-electron chi connectivity index (χ2n) is 6.11. The first-order valence-electron chi connectivity index (χ1n) is 8.01. The van der Waals surface area contributed by atoms with Crippen LogP contribution in [0.1, 0.15) is 51.5 Å². The molecule has 1 fully saturated rings. The topological polar surface area (TPSA) is 20.3 Å². The summed E-state index contributed by atoms with van der Waals surface area (Å²) >= 11 is 0. The average molecular weight is 273 g/mol. The van der Waals surface area contributed by atoms with Gasteiger partial charge in [-0.25, -0.2) is 0 Å². The van der Waals surface area contributed by atoms with Crippen LogP contribution in [0.15, 0.2) is 30.3 Å². The lowest BCUT2D eigenvalue weighted by Crippen LogP contribution is -2.37. The summed E-state index contributed by atoms with van der Waals surface area (Å²) in [6.07, 6.45) is 3.22. The summed E-state index contributed by atoms with van der Waals surface area (Å²) in [5.41, 5.74) is 1.44. The molecule has 0 N–H and O–H groups in total. The first kappa shape index (κ1) is 15.1. The average Bonchev–Trinajstić information content (AvgIpc) is 3.25. The third kappa shape index (κ3) is 3.62. The molecular formula is C18H27NO. The van der Waals surface area contributed by atoms with Crippen LogP contribution in [0.4, 0.5) is 0 Å². The largest absolute Gasteiger partial charge is 0.342 e. The first-order valence-corrected chi connectivity index (χ1v) is 8.01. The second kappa shape index (κ2) is 6.92. The van der Waals surface area contributed by atoms with E-state index in [2.05, 4.69) is 49.1 Å². The number of hydrogen-bond acceptors (Lipinski definition) is 1. The molecular weight excluding hydrogens is 246 g/mol. The fraction of sp³-hybridized carbons (Fsp3) is 0.611. The maximum Gasteiger partial charge on any atom is 0.225 e.